The summed E-state index contributed by atoms with van der Waals surface area (Å²) < 4.78 is 5.91. The number of nitrogens with zero attached hydrogens (tertiary/aromatic N) is 3. The predicted octanol–water partition coefficient (Wildman–Crippen LogP) is 1.83. The van der Waals surface area contributed by atoms with Crippen molar-refractivity contribution in [3.63, 3.8) is 0 Å². The van der Waals surface area contributed by atoms with E-state index in [4.69, 9.17) is 4.74 Å². The predicted molar refractivity (Wildman–Crippen MR) is 73.2 cm³/mol. The van der Waals surface area contributed by atoms with Crippen molar-refractivity contribution in [3.05, 3.63) is 11.9 Å². The lowest BCUT2D eigenvalue weighted by Gasteiger charge is -2.42. The second-order valence-electron chi connectivity index (χ2n) is 5.48. The van der Waals surface area contributed by atoms with Gasteiger partial charge in [0.15, 0.2) is 0 Å². The zero-order valence-corrected chi connectivity index (χ0v) is 11.8. The molecule has 2 heterocycles. The standard InChI is InChI=1S/C13H22N4O/c1-9-7-17(8-13(3,4)18-9)12-6-11(14-5)15-10(2)16-12/h6,9H,7-8H2,1-5H3,(H,14,15,16). The molecule has 0 spiro atoms. The van der Waals surface area contributed by atoms with E-state index in [0.29, 0.717) is 0 Å². The minimum atomic E-state index is -0.143. The summed E-state index contributed by atoms with van der Waals surface area (Å²) in [5, 5.41) is 3.07. The Hall–Kier alpha value is -1.36. The molecule has 1 aromatic rings. The van der Waals surface area contributed by atoms with Gasteiger partial charge in [-0.25, -0.2) is 9.97 Å². The molecule has 1 aromatic heterocycles. The number of nitrogens with one attached hydrogen (secondary N) is 1. The number of hydrogen-bond acceptors (Lipinski definition) is 5. The fraction of sp³-hybridized carbons (Fsp3) is 0.692. The van der Waals surface area contributed by atoms with E-state index in [1.807, 2.05) is 20.0 Å². The Morgan fingerprint density at radius 3 is 2.78 bits per heavy atom. The number of morpholine rings is 1. The third kappa shape index (κ3) is 2.90. The van der Waals surface area contributed by atoms with Crippen molar-refractivity contribution in [1.29, 1.82) is 0 Å². The molecule has 1 saturated heterocycles. The van der Waals surface area contributed by atoms with E-state index in [0.717, 1.165) is 30.5 Å². The van der Waals surface area contributed by atoms with Gasteiger partial charge in [0, 0.05) is 26.2 Å². The van der Waals surface area contributed by atoms with Gasteiger partial charge >= 0.3 is 0 Å². The lowest BCUT2D eigenvalue weighted by molar-refractivity contribution is -0.0751. The first kappa shape index (κ1) is 13.1. The van der Waals surface area contributed by atoms with Crippen molar-refractivity contribution in [1.82, 2.24) is 9.97 Å². The molecule has 2 rings (SSSR count). The molecule has 1 N–H and O–H groups in total. The summed E-state index contributed by atoms with van der Waals surface area (Å²) in [5.74, 6) is 2.61. The molecule has 0 radical (unpaired) electrons. The first-order chi connectivity index (χ1) is 8.39. The molecule has 5 nitrogen and oxygen atoms in total. The van der Waals surface area contributed by atoms with Crippen molar-refractivity contribution in [2.75, 3.05) is 30.4 Å². The van der Waals surface area contributed by atoms with Gasteiger partial charge in [-0.1, -0.05) is 0 Å². The summed E-state index contributed by atoms with van der Waals surface area (Å²) >= 11 is 0. The van der Waals surface area contributed by atoms with E-state index in [1.54, 1.807) is 0 Å². The van der Waals surface area contributed by atoms with Gasteiger partial charge < -0.3 is 15.0 Å². The van der Waals surface area contributed by atoms with Gasteiger partial charge in [-0.3, -0.25) is 0 Å². The van der Waals surface area contributed by atoms with Gasteiger partial charge in [0.05, 0.1) is 11.7 Å². The van der Waals surface area contributed by atoms with Crippen LogP contribution in [-0.2, 0) is 4.74 Å². The second kappa shape index (κ2) is 4.72. The average molecular weight is 250 g/mol. The molecule has 1 fully saturated rings. The molecule has 0 aliphatic carbocycles. The molecular formula is C13H22N4O. The molecule has 18 heavy (non-hydrogen) atoms. The fourth-order valence-corrected chi connectivity index (χ4v) is 2.47. The van der Waals surface area contributed by atoms with E-state index in [2.05, 4.69) is 41.0 Å². The number of aryl methyl sites for hydroxylation is 1. The number of hydrogen-bond donors (Lipinski definition) is 1. The monoisotopic (exact) mass is 250 g/mol. The fourth-order valence-electron chi connectivity index (χ4n) is 2.47. The Labute approximate surface area is 109 Å². The summed E-state index contributed by atoms with van der Waals surface area (Å²) in [7, 11) is 1.87. The van der Waals surface area contributed by atoms with E-state index in [-0.39, 0.29) is 11.7 Å². The van der Waals surface area contributed by atoms with Crippen molar-refractivity contribution < 1.29 is 4.74 Å². The summed E-state index contributed by atoms with van der Waals surface area (Å²) in [6, 6.07) is 1.99. The second-order valence-corrected chi connectivity index (χ2v) is 5.48. The molecule has 0 saturated carbocycles. The topological polar surface area (TPSA) is 50.3 Å². The zero-order chi connectivity index (χ0) is 13.3. The van der Waals surface area contributed by atoms with Crippen LogP contribution in [0.2, 0.25) is 0 Å². The molecule has 100 valence electrons. The van der Waals surface area contributed by atoms with Crippen molar-refractivity contribution in [2.24, 2.45) is 0 Å². The zero-order valence-electron chi connectivity index (χ0n) is 11.8. The Kier molecular flexibility index (Phi) is 3.43. The minimum absolute atomic E-state index is 0.143. The average Bonchev–Trinajstić information content (AvgIpc) is 2.25. The Bertz CT molecular complexity index is 433. The highest BCUT2D eigenvalue weighted by Crippen LogP contribution is 2.25. The smallest absolute Gasteiger partial charge is 0.134 e. The highest BCUT2D eigenvalue weighted by atomic mass is 16.5. The van der Waals surface area contributed by atoms with Crippen LogP contribution in [0.25, 0.3) is 0 Å². The van der Waals surface area contributed by atoms with Crippen LogP contribution in [0, 0.1) is 6.92 Å². The third-order valence-corrected chi connectivity index (χ3v) is 2.97. The van der Waals surface area contributed by atoms with Crippen molar-refractivity contribution in [2.45, 2.75) is 39.4 Å². The summed E-state index contributed by atoms with van der Waals surface area (Å²) in [5.41, 5.74) is -0.143. The Balaban J connectivity index is 2.27. The Morgan fingerprint density at radius 2 is 2.17 bits per heavy atom. The summed E-state index contributed by atoms with van der Waals surface area (Å²) in [6.07, 6.45) is 0.210. The van der Waals surface area contributed by atoms with Crippen LogP contribution in [0.5, 0.6) is 0 Å². The van der Waals surface area contributed by atoms with Crippen LogP contribution in [0.4, 0.5) is 11.6 Å². The van der Waals surface area contributed by atoms with Crippen LogP contribution in [0.1, 0.15) is 26.6 Å². The van der Waals surface area contributed by atoms with Crippen LogP contribution < -0.4 is 10.2 Å². The lowest BCUT2D eigenvalue weighted by Crippen LogP contribution is -2.52. The van der Waals surface area contributed by atoms with Gasteiger partial charge in [0.2, 0.25) is 0 Å². The van der Waals surface area contributed by atoms with Crippen LogP contribution in [0.3, 0.4) is 0 Å². The van der Waals surface area contributed by atoms with E-state index in [1.165, 1.54) is 0 Å². The molecule has 1 unspecified atom stereocenters. The molecule has 1 aliphatic heterocycles. The largest absolute Gasteiger partial charge is 0.373 e. The molecule has 0 bridgehead atoms. The quantitative estimate of drug-likeness (QED) is 0.868. The summed E-state index contributed by atoms with van der Waals surface area (Å²) in [4.78, 5) is 11.1. The molecule has 0 amide bonds. The number of aromatic nitrogens is 2. The van der Waals surface area contributed by atoms with Gasteiger partial charge in [-0.05, 0) is 27.7 Å². The van der Waals surface area contributed by atoms with E-state index >= 15 is 0 Å². The lowest BCUT2D eigenvalue weighted by atomic mass is 10.1. The molecule has 0 aromatic carbocycles. The summed E-state index contributed by atoms with van der Waals surface area (Å²) in [6.45, 7) is 9.95. The van der Waals surface area contributed by atoms with Gasteiger partial charge in [-0.15, -0.1) is 0 Å². The van der Waals surface area contributed by atoms with E-state index in [9.17, 15) is 0 Å². The molecule has 1 atom stereocenters. The van der Waals surface area contributed by atoms with Crippen molar-refractivity contribution in [3.8, 4) is 0 Å². The van der Waals surface area contributed by atoms with Crippen LogP contribution in [0.15, 0.2) is 6.07 Å². The minimum Gasteiger partial charge on any atom is -0.373 e. The van der Waals surface area contributed by atoms with Gasteiger partial charge in [0.25, 0.3) is 0 Å². The van der Waals surface area contributed by atoms with Crippen molar-refractivity contribution >= 4 is 11.6 Å². The van der Waals surface area contributed by atoms with Crippen LogP contribution >= 0.6 is 0 Å². The number of anilines is 2. The molecule has 5 heteroatoms. The SMILES string of the molecule is CNc1cc(N2CC(C)OC(C)(C)C2)nc(C)n1. The molecule has 1 aliphatic rings. The maximum atomic E-state index is 5.91. The number of rotatable bonds is 2. The number of ether oxygens (including phenoxy) is 1. The van der Waals surface area contributed by atoms with Gasteiger partial charge in [0.1, 0.15) is 17.5 Å². The molecular weight excluding hydrogens is 228 g/mol. The maximum Gasteiger partial charge on any atom is 0.134 e. The third-order valence-electron chi connectivity index (χ3n) is 2.97. The Morgan fingerprint density at radius 1 is 1.44 bits per heavy atom. The highest BCUT2D eigenvalue weighted by molar-refractivity contribution is 5.49. The maximum absolute atomic E-state index is 5.91. The first-order valence-corrected chi connectivity index (χ1v) is 6.36. The van der Waals surface area contributed by atoms with Gasteiger partial charge in [-0.2, -0.15) is 0 Å². The normalized spacial score (nSPS) is 22.9. The first-order valence-electron chi connectivity index (χ1n) is 6.36. The van der Waals surface area contributed by atoms with Crippen LogP contribution in [-0.4, -0.2) is 41.8 Å². The highest BCUT2D eigenvalue weighted by Gasteiger charge is 2.32. The van der Waals surface area contributed by atoms with E-state index < -0.39 is 0 Å².